The molecule has 18 heavy (non-hydrogen) atoms. The van der Waals surface area contributed by atoms with E-state index in [0.717, 1.165) is 17.6 Å². The smallest absolute Gasteiger partial charge is 0.0706 e. The van der Waals surface area contributed by atoms with E-state index >= 15 is 0 Å². The minimum atomic E-state index is 0.0551. The maximum Gasteiger partial charge on any atom is 0.0706 e. The van der Waals surface area contributed by atoms with Gasteiger partial charge in [0.15, 0.2) is 0 Å². The summed E-state index contributed by atoms with van der Waals surface area (Å²) in [6.07, 6.45) is 3.41. The number of para-hydroxylation sites is 1. The summed E-state index contributed by atoms with van der Waals surface area (Å²) in [6.45, 7) is 4.46. The first-order chi connectivity index (χ1) is 8.74. The van der Waals surface area contributed by atoms with Crippen molar-refractivity contribution in [3.8, 4) is 0 Å². The average Bonchev–Trinajstić information content (AvgIpc) is 2.44. The Morgan fingerprint density at radius 1 is 1.06 bits per heavy atom. The van der Waals surface area contributed by atoms with Gasteiger partial charge in [-0.15, -0.1) is 0 Å². The minimum absolute atomic E-state index is 0.0551. The highest BCUT2D eigenvalue weighted by Gasteiger charge is 2.13. The van der Waals surface area contributed by atoms with Gasteiger partial charge in [-0.2, -0.15) is 0 Å². The molecule has 1 heterocycles. The average molecular weight is 242 g/mol. The number of nitrogens with zero attached hydrogens (tertiary/aromatic N) is 1. The molecule has 0 fully saturated rings. The monoisotopic (exact) mass is 242 g/mol. The van der Waals surface area contributed by atoms with Gasteiger partial charge in [0.05, 0.1) is 11.2 Å². The maximum atomic E-state index is 6.28. The van der Waals surface area contributed by atoms with E-state index in [4.69, 9.17) is 5.73 Å². The molecule has 2 heteroatoms. The number of nitrogens with two attached hydrogens (primary N) is 1. The number of hydrogen-bond acceptors (Lipinski definition) is 2. The Balaban J connectivity index is 2.19. The third-order valence-electron chi connectivity index (χ3n) is 3.74. The van der Waals surface area contributed by atoms with Crippen LogP contribution >= 0.6 is 0 Å². The maximum absolute atomic E-state index is 6.28. The highest BCUT2D eigenvalue weighted by atomic mass is 14.8. The zero-order valence-corrected chi connectivity index (χ0v) is 11.3. The molecule has 0 aliphatic heterocycles. The Labute approximate surface area is 109 Å². The van der Waals surface area contributed by atoms with Crippen LogP contribution in [0.1, 0.15) is 44.8 Å². The topological polar surface area (TPSA) is 38.9 Å². The second-order valence-corrected chi connectivity index (χ2v) is 4.95. The van der Waals surface area contributed by atoms with Crippen LogP contribution in [0.2, 0.25) is 0 Å². The lowest BCUT2D eigenvalue weighted by Gasteiger charge is -2.18. The van der Waals surface area contributed by atoms with E-state index in [1.165, 1.54) is 18.2 Å². The predicted molar refractivity (Wildman–Crippen MR) is 77.4 cm³/mol. The lowest BCUT2D eigenvalue weighted by atomic mass is 9.93. The summed E-state index contributed by atoms with van der Waals surface area (Å²) in [7, 11) is 0. The molecule has 1 atom stereocenters. The highest BCUT2D eigenvalue weighted by molar-refractivity contribution is 5.78. The molecule has 0 saturated heterocycles. The van der Waals surface area contributed by atoms with Crippen molar-refractivity contribution in [1.82, 2.24) is 4.98 Å². The van der Waals surface area contributed by atoms with Crippen molar-refractivity contribution in [1.29, 1.82) is 0 Å². The first kappa shape index (κ1) is 13.0. The van der Waals surface area contributed by atoms with E-state index in [-0.39, 0.29) is 6.04 Å². The molecule has 2 rings (SSSR count). The van der Waals surface area contributed by atoms with Crippen molar-refractivity contribution >= 4 is 10.9 Å². The summed E-state index contributed by atoms with van der Waals surface area (Å²) in [5.41, 5.74) is 8.33. The zero-order valence-electron chi connectivity index (χ0n) is 11.3. The quantitative estimate of drug-likeness (QED) is 0.858. The molecule has 0 aliphatic rings. The second-order valence-electron chi connectivity index (χ2n) is 4.95. The molecule has 1 aromatic heterocycles. The molecule has 0 bridgehead atoms. The highest BCUT2D eigenvalue weighted by Crippen LogP contribution is 2.23. The van der Waals surface area contributed by atoms with Crippen LogP contribution < -0.4 is 5.73 Å². The number of fused-ring (bicyclic) bond motifs is 1. The summed E-state index contributed by atoms with van der Waals surface area (Å²) in [5, 5.41) is 1.18. The van der Waals surface area contributed by atoms with Crippen molar-refractivity contribution in [2.75, 3.05) is 0 Å². The Morgan fingerprint density at radius 3 is 2.50 bits per heavy atom. The second kappa shape index (κ2) is 5.96. The van der Waals surface area contributed by atoms with Gasteiger partial charge in [-0.05, 0) is 24.5 Å². The Kier molecular flexibility index (Phi) is 4.32. The van der Waals surface area contributed by atoms with Crippen LogP contribution in [0.15, 0.2) is 36.4 Å². The van der Waals surface area contributed by atoms with Gasteiger partial charge < -0.3 is 5.73 Å². The molecular weight excluding hydrogens is 220 g/mol. The van der Waals surface area contributed by atoms with Crippen LogP contribution in [-0.4, -0.2) is 4.98 Å². The van der Waals surface area contributed by atoms with Gasteiger partial charge in [0.25, 0.3) is 0 Å². The number of rotatable bonds is 5. The van der Waals surface area contributed by atoms with Crippen LogP contribution in [0.25, 0.3) is 10.9 Å². The van der Waals surface area contributed by atoms with Gasteiger partial charge in [0.1, 0.15) is 0 Å². The largest absolute Gasteiger partial charge is 0.323 e. The number of pyridine rings is 1. The fraction of sp³-hybridized carbons (Fsp3) is 0.438. The van der Waals surface area contributed by atoms with Gasteiger partial charge in [-0.1, -0.05) is 51.0 Å². The van der Waals surface area contributed by atoms with Crippen LogP contribution in [0, 0.1) is 5.92 Å². The van der Waals surface area contributed by atoms with E-state index in [1.54, 1.807) is 0 Å². The third-order valence-corrected chi connectivity index (χ3v) is 3.74. The molecule has 0 aliphatic carbocycles. The molecule has 0 radical (unpaired) electrons. The third kappa shape index (κ3) is 2.88. The standard InChI is InChI=1S/C16H22N2/c1-3-12(4-2)11-14(17)16-10-9-13-7-5-6-8-15(13)18-16/h5-10,12,14H,3-4,11,17H2,1-2H3. The van der Waals surface area contributed by atoms with E-state index in [0.29, 0.717) is 5.92 Å². The molecule has 2 nitrogen and oxygen atoms in total. The van der Waals surface area contributed by atoms with Gasteiger partial charge in [0, 0.05) is 11.4 Å². The lowest BCUT2D eigenvalue weighted by molar-refractivity contribution is 0.411. The molecule has 1 unspecified atom stereocenters. The number of benzene rings is 1. The molecule has 0 saturated carbocycles. The molecule has 2 aromatic rings. The number of aromatic nitrogens is 1. The lowest BCUT2D eigenvalue weighted by Crippen LogP contribution is -2.16. The van der Waals surface area contributed by atoms with Crippen molar-refractivity contribution < 1.29 is 0 Å². The molecule has 96 valence electrons. The molecule has 0 spiro atoms. The van der Waals surface area contributed by atoms with Crippen LogP contribution in [0.3, 0.4) is 0 Å². The summed E-state index contributed by atoms with van der Waals surface area (Å²) < 4.78 is 0. The normalized spacial score (nSPS) is 13.1. The molecule has 2 N–H and O–H groups in total. The van der Waals surface area contributed by atoms with Gasteiger partial charge in [-0.3, -0.25) is 4.98 Å². The Morgan fingerprint density at radius 2 is 1.78 bits per heavy atom. The SMILES string of the molecule is CCC(CC)CC(N)c1ccc2ccccc2n1. The van der Waals surface area contributed by atoms with Crippen LogP contribution in [-0.2, 0) is 0 Å². The predicted octanol–water partition coefficient (Wildman–Crippen LogP) is 4.06. The molecule has 0 amide bonds. The van der Waals surface area contributed by atoms with Crippen molar-refractivity contribution in [3.05, 3.63) is 42.1 Å². The first-order valence-corrected chi connectivity index (χ1v) is 6.85. The van der Waals surface area contributed by atoms with Crippen molar-refractivity contribution in [3.63, 3.8) is 0 Å². The summed E-state index contributed by atoms with van der Waals surface area (Å²) >= 11 is 0. The Bertz CT molecular complexity index is 503. The fourth-order valence-electron chi connectivity index (χ4n) is 2.39. The minimum Gasteiger partial charge on any atom is -0.323 e. The van der Waals surface area contributed by atoms with Crippen LogP contribution in [0.5, 0.6) is 0 Å². The molecule has 1 aromatic carbocycles. The van der Waals surface area contributed by atoms with Crippen LogP contribution in [0.4, 0.5) is 0 Å². The van der Waals surface area contributed by atoms with E-state index < -0.39 is 0 Å². The van der Waals surface area contributed by atoms with E-state index in [9.17, 15) is 0 Å². The first-order valence-electron chi connectivity index (χ1n) is 6.85. The van der Waals surface area contributed by atoms with Gasteiger partial charge >= 0.3 is 0 Å². The molecular formula is C16H22N2. The van der Waals surface area contributed by atoms with Gasteiger partial charge in [0.2, 0.25) is 0 Å². The van der Waals surface area contributed by atoms with Crippen molar-refractivity contribution in [2.24, 2.45) is 11.7 Å². The summed E-state index contributed by atoms with van der Waals surface area (Å²) in [6, 6.07) is 12.4. The van der Waals surface area contributed by atoms with E-state index in [2.05, 4.69) is 37.0 Å². The van der Waals surface area contributed by atoms with Crippen molar-refractivity contribution in [2.45, 2.75) is 39.2 Å². The van der Waals surface area contributed by atoms with E-state index in [1.807, 2.05) is 18.2 Å². The Hall–Kier alpha value is -1.41. The zero-order chi connectivity index (χ0) is 13.0. The summed E-state index contributed by atoms with van der Waals surface area (Å²) in [4.78, 5) is 4.67. The van der Waals surface area contributed by atoms with Gasteiger partial charge in [-0.25, -0.2) is 0 Å². The number of hydrogen-bond donors (Lipinski definition) is 1. The fourth-order valence-corrected chi connectivity index (χ4v) is 2.39. The summed E-state index contributed by atoms with van der Waals surface area (Å²) in [5.74, 6) is 0.702.